The third-order valence-electron chi connectivity index (χ3n) is 9.41. The Morgan fingerprint density at radius 3 is 2.43 bits per heavy atom. The van der Waals surface area contributed by atoms with E-state index < -0.39 is 17.2 Å². The van der Waals surface area contributed by atoms with Crippen LogP contribution in [0.3, 0.4) is 0 Å². The minimum absolute atomic E-state index is 0.215. The summed E-state index contributed by atoms with van der Waals surface area (Å²) in [4.78, 5) is 40.1. The number of amides is 2. The minimum atomic E-state index is -1.23. The molecule has 13 heteroatoms. The van der Waals surface area contributed by atoms with E-state index in [1.54, 1.807) is 67.7 Å². The average molecular weight is 738 g/mol. The molecule has 2 N–H and O–H groups in total. The number of fused-ring (bicyclic) bond motifs is 1. The average Bonchev–Trinajstić information content (AvgIpc) is 3.56. The van der Waals surface area contributed by atoms with Gasteiger partial charge in [0.2, 0.25) is 5.91 Å². The summed E-state index contributed by atoms with van der Waals surface area (Å²) < 4.78 is 33.1. The van der Waals surface area contributed by atoms with Gasteiger partial charge in [-0.15, -0.1) is 0 Å². The summed E-state index contributed by atoms with van der Waals surface area (Å²) in [6, 6.07) is 20.3. The first-order chi connectivity index (χ1) is 25.8. The molecule has 12 nitrogen and oxygen atoms in total. The van der Waals surface area contributed by atoms with Crippen LogP contribution >= 0.6 is 0 Å². The van der Waals surface area contributed by atoms with E-state index in [1.165, 1.54) is 17.0 Å². The molecule has 5 aromatic rings. The lowest BCUT2D eigenvalue weighted by Gasteiger charge is -2.44. The highest BCUT2D eigenvalue weighted by Crippen LogP contribution is 2.36. The van der Waals surface area contributed by atoms with Crippen LogP contribution in [0.2, 0.25) is 0 Å². The Hall–Kier alpha value is -5.85. The monoisotopic (exact) mass is 737 g/mol. The fourth-order valence-electron chi connectivity index (χ4n) is 6.96. The molecule has 54 heavy (non-hydrogen) atoms. The molecule has 0 bridgehead atoms. The lowest BCUT2D eigenvalue weighted by Crippen LogP contribution is -2.66. The number of halogens is 1. The molecule has 1 aliphatic rings. The zero-order chi connectivity index (χ0) is 38.6. The number of pyridine rings is 1. The van der Waals surface area contributed by atoms with Crippen LogP contribution < -0.4 is 25.0 Å². The molecular weight excluding hydrogens is 689 g/mol. The number of carbonyl (C=O) groups excluding carboxylic acids is 2. The van der Waals surface area contributed by atoms with Crippen molar-refractivity contribution >= 4 is 34.5 Å². The number of hydrogen-bond acceptors (Lipinski definition) is 9. The van der Waals surface area contributed by atoms with E-state index in [-0.39, 0.29) is 18.3 Å². The zero-order valence-corrected chi connectivity index (χ0v) is 31.9. The van der Waals surface area contributed by atoms with Gasteiger partial charge in [0, 0.05) is 32.9 Å². The topological polar surface area (TPSA) is 123 Å². The second-order valence-corrected chi connectivity index (χ2v) is 14.7. The molecule has 0 aliphatic carbocycles. The fourth-order valence-corrected chi connectivity index (χ4v) is 6.96. The first kappa shape index (κ1) is 37.9. The third kappa shape index (κ3) is 8.35. The molecule has 2 amide bonds. The van der Waals surface area contributed by atoms with Crippen LogP contribution in [0, 0.1) is 5.82 Å². The number of nitrogens with zero attached hydrogens (tertiary/aromatic N) is 5. The lowest BCUT2D eigenvalue weighted by molar-refractivity contribution is -0.136. The number of methoxy groups -OCH3 is 2. The van der Waals surface area contributed by atoms with Crippen LogP contribution in [-0.2, 0) is 22.6 Å². The van der Waals surface area contributed by atoms with Gasteiger partial charge in [-0.25, -0.2) is 19.2 Å². The van der Waals surface area contributed by atoms with E-state index in [1.807, 2.05) is 53.1 Å². The predicted octanol–water partition coefficient (Wildman–Crippen LogP) is 6.87. The van der Waals surface area contributed by atoms with Crippen molar-refractivity contribution in [1.82, 2.24) is 24.8 Å². The molecule has 3 heterocycles. The van der Waals surface area contributed by atoms with Gasteiger partial charge in [0.25, 0.3) is 0 Å². The maximum absolute atomic E-state index is 14.4. The van der Waals surface area contributed by atoms with Crippen LogP contribution in [-0.4, -0.2) is 84.0 Å². The van der Waals surface area contributed by atoms with Gasteiger partial charge in [0.1, 0.15) is 33.7 Å². The van der Waals surface area contributed by atoms with E-state index in [2.05, 4.69) is 20.5 Å². The number of carbonyl (C=O) groups is 2. The summed E-state index contributed by atoms with van der Waals surface area (Å²) >= 11 is 0. The number of likely N-dealkylation sites (N-methyl/N-ethyl adjacent to an activating group) is 1. The van der Waals surface area contributed by atoms with E-state index >= 15 is 0 Å². The molecule has 6 rings (SSSR count). The zero-order valence-electron chi connectivity index (χ0n) is 31.9. The normalized spacial score (nSPS) is 15.8. The van der Waals surface area contributed by atoms with E-state index in [9.17, 15) is 14.0 Å². The van der Waals surface area contributed by atoms with Crippen LogP contribution in [0.4, 0.5) is 20.7 Å². The van der Waals surface area contributed by atoms with Gasteiger partial charge in [0.15, 0.2) is 11.6 Å². The first-order valence-electron chi connectivity index (χ1n) is 17.9. The number of piperidine rings is 1. The molecule has 1 unspecified atom stereocenters. The number of anilines is 2. The largest absolute Gasteiger partial charge is 0.497 e. The van der Waals surface area contributed by atoms with Crippen molar-refractivity contribution in [3.63, 3.8) is 0 Å². The Kier molecular flexibility index (Phi) is 11.0. The number of imidazole rings is 1. The molecule has 1 atom stereocenters. The molecule has 0 saturated carbocycles. The van der Waals surface area contributed by atoms with Gasteiger partial charge in [-0.3, -0.25) is 4.79 Å². The fraction of sp³-hybridized carbons (Fsp3) is 0.366. The van der Waals surface area contributed by atoms with Crippen LogP contribution in [0.5, 0.6) is 11.5 Å². The molecule has 0 radical (unpaired) electrons. The minimum Gasteiger partial charge on any atom is -0.497 e. The summed E-state index contributed by atoms with van der Waals surface area (Å²) in [5, 5.41) is 6.39. The van der Waals surface area contributed by atoms with Crippen LogP contribution in [0.25, 0.3) is 22.2 Å². The van der Waals surface area contributed by atoms with E-state index in [4.69, 9.17) is 19.2 Å². The third-order valence-corrected chi connectivity index (χ3v) is 9.41. The summed E-state index contributed by atoms with van der Waals surface area (Å²) in [7, 11) is 6.61. The Morgan fingerprint density at radius 1 is 0.981 bits per heavy atom. The molecular formula is C41H48FN7O5. The van der Waals surface area contributed by atoms with Crippen LogP contribution in [0.1, 0.15) is 44.7 Å². The number of ether oxygens (including phenoxy) is 3. The Labute approximate surface area is 315 Å². The number of nitrogens with one attached hydrogen (secondary N) is 2. The molecule has 0 spiro atoms. The molecule has 3 aromatic carbocycles. The summed E-state index contributed by atoms with van der Waals surface area (Å²) in [6.07, 6.45) is 3.86. The smallest absolute Gasteiger partial charge is 0.408 e. The van der Waals surface area contributed by atoms with Gasteiger partial charge in [-0.2, -0.15) is 0 Å². The van der Waals surface area contributed by atoms with E-state index in [0.717, 1.165) is 39.2 Å². The Morgan fingerprint density at radius 2 is 1.74 bits per heavy atom. The van der Waals surface area contributed by atoms with Gasteiger partial charge in [-0.1, -0.05) is 30.3 Å². The summed E-state index contributed by atoms with van der Waals surface area (Å²) in [6.45, 7) is 7.10. The number of alkyl carbamates (subject to hydrolysis) is 1. The van der Waals surface area contributed by atoms with Gasteiger partial charge < -0.3 is 39.2 Å². The van der Waals surface area contributed by atoms with Crippen molar-refractivity contribution < 1.29 is 28.2 Å². The van der Waals surface area contributed by atoms with Crippen molar-refractivity contribution in [1.29, 1.82) is 0 Å². The predicted molar refractivity (Wildman–Crippen MR) is 208 cm³/mol. The molecule has 284 valence electrons. The lowest BCUT2D eigenvalue weighted by atomic mass is 9.86. The maximum atomic E-state index is 14.4. The summed E-state index contributed by atoms with van der Waals surface area (Å²) in [5.74, 6) is 1.38. The van der Waals surface area contributed by atoms with Crippen LogP contribution in [0.15, 0.2) is 79.3 Å². The highest BCUT2D eigenvalue weighted by atomic mass is 19.1. The van der Waals surface area contributed by atoms with Crippen molar-refractivity contribution in [3.05, 3.63) is 96.2 Å². The van der Waals surface area contributed by atoms with Gasteiger partial charge in [-0.05, 0) is 92.3 Å². The second-order valence-electron chi connectivity index (χ2n) is 14.7. The van der Waals surface area contributed by atoms with Crippen molar-refractivity contribution in [2.24, 2.45) is 0 Å². The Bertz CT molecular complexity index is 2130. The highest BCUT2D eigenvalue weighted by molar-refractivity contribution is 5.92. The molecule has 1 fully saturated rings. The molecule has 2 aromatic heterocycles. The van der Waals surface area contributed by atoms with Gasteiger partial charge in [0.05, 0.1) is 39.8 Å². The number of benzene rings is 3. The van der Waals surface area contributed by atoms with Crippen molar-refractivity contribution in [3.8, 4) is 22.6 Å². The second kappa shape index (κ2) is 15.6. The maximum Gasteiger partial charge on any atom is 0.408 e. The number of aromatic nitrogens is 3. The first-order valence-corrected chi connectivity index (χ1v) is 17.9. The van der Waals surface area contributed by atoms with Gasteiger partial charge >= 0.3 is 6.09 Å². The number of hydrogen-bond donors (Lipinski definition) is 2. The Balaban J connectivity index is 1.39. The van der Waals surface area contributed by atoms with E-state index in [0.29, 0.717) is 49.6 Å². The number of rotatable bonds is 11. The molecule has 1 saturated heterocycles. The SMILES string of the molecule is COc1ccc(CNc2ncc(OC)c3c2ncn3Cc2cc(-c3cccc(F)c3)ccc2N2CCCC(NC(=O)OC(C)(C)C)(C(=O)N(C)C)C2)cc1. The van der Waals surface area contributed by atoms with Crippen molar-refractivity contribution in [2.75, 3.05) is 51.6 Å². The highest BCUT2D eigenvalue weighted by Gasteiger charge is 2.46. The standard InChI is InChI=1S/C41H48FN7O5/c1-40(2,3)54-39(51)46-41(38(50)47(4)5)18-9-19-48(25-41)33-17-14-29(28-10-8-11-31(42)21-28)20-30(33)24-49-26-45-35-36(49)34(53-7)23-44-37(35)43-22-27-12-15-32(52-6)16-13-27/h8,10-17,20-21,23,26H,9,18-19,22,24-25H2,1-7H3,(H,43,44)(H,46,51). The molecule has 1 aliphatic heterocycles. The van der Waals surface area contributed by atoms with Crippen molar-refractivity contribution in [2.45, 2.75) is 57.8 Å². The quantitative estimate of drug-likeness (QED) is 0.150. The summed E-state index contributed by atoms with van der Waals surface area (Å²) in [5.41, 5.74) is 3.78.